The Morgan fingerprint density at radius 1 is 1.33 bits per heavy atom. The van der Waals surface area contributed by atoms with Crippen molar-refractivity contribution >= 4 is 39.1 Å². The molecule has 3 rings (SSSR count). The minimum absolute atomic E-state index is 0.00338. The fourth-order valence-corrected chi connectivity index (χ4v) is 3.42. The smallest absolute Gasteiger partial charge is 0.227 e. The summed E-state index contributed by atoms with van der Waals surface area (Å²) in [6.07, 6.45) is 1.83. The van der Waals surface area contributed by atoms with Crippen LogP contribution in [0, 0.1) is 6.92 Å². The molecule has 0 spiro atoms. The Bertz CT molecular complexity index is 717. The van der Waals surface area contributed by atoms with Gasteiger partial charge in [0, 0.05) is 22.7 Å². The van der Waals surface area contributed by atoms with Gasteiger partial charge < -0.3 is 4.98 Å². The highest BCUT2D eigenvalue weighted by molar-refractivity contribution is 8.15. The number of fused-ring (bicyclic) bond motifs is 1. The molecule has 3 aromatic rings. The Morgan fingerprint density at radius 3 is 3.00 bits per heavy atom. The van der Waals surface area contributed by atoms with Gasteiger partial charge in [-0.1, -0.05) is 17.4 Å². The van der Waals surface area contributed by atoms with Crippen LogP contribution in [0.1, 0.15) is 15.4 Å². The summed E-state index contributed by atoms with van der Waals surface area (Å²) in [5, 5.41) is 9.66. The van der Waals surface area contributed by atoms with Gasteiger partial charge in [0.2, 0.25) is 5.12 Å². The maximum absolute atomic E-state index is 12.2. The number of carbonyl (C=O) groups is 1. The summed E-state index contributed by atoms with van der Waals surface area (Å²) < 4.78 is 0.685. The summed E-state index contributed by atoms with van der Waals surface area (Å²) in [6.45, 7) is 1.87. The lowest BCUT2D eigenvalue weighted by Gasteiger charge is -1.99. The fraction of sp³-hybridized carbons (Fsp3) is 0.0833. The molecule has 0 radical (unpaired) electrons. The van der Waals surface area contributed by atoms with Crippen molar-refractivity contribution in [3.63, 3.8) is 0 Å². The number of aromatic amines is 1. The first-order chi connectivity index (χ1) is 8.74. The predicted molar refractivity (Wildman–Crippen MR) is 73.1 cm³/mol. The SMILES string of the molecule is Cc1nnc(SC(=O)c2cccc3[nH]ccc23)s1. The monoisotopic (exact) mass is 275 g/mol. The number of hydrogen-bond acceptors (Lipinski definition) is 5. The van der Waals surface area contributed by atoms with Gasteiger partial charge in [-0.15, -0.1) is 10.2 Å². The highest BCUT2D eigenvalue weighted by Crippen LogP contribution is 2.28. The largest absolute Gasteiger partial charge is 0.361 e. The number of rotatable bonds is 2. The van der Waals surface area contributed by atoms with E-state index in [0.29, 0.717) is 9.90 Å². The van der Waals surface area contributed by atoms with Gasteiger partial charge in [-0.3, -0.25) is 4.79 Å². The molecule has 0 aliphatic rings. The normalized spacial score (nSPS) is 10.9. The Hall–Kier alpha value is -1.66. The number of thioether (sulfide) groups is 1. The van der Waals surface area contributed by atoms with E-state index in [9.17, 15) is 4.79 Å². The first-order valence-corrected chi connectivity index (χ1v) is 6.96. The molecule has 0 amide bonds. The molecule has 0 atom stereocenters. The van der Waals surface area contributed by atoms with E-state index in [1.807, 2.05) is 37.4 Å². The molecule has 0 aliphatic heterocycles. The molecule has 4 nitrogen and oxygen atoms in total. The first-order valence-electron chi connectivity index (χ1n) is 5.32. The zero-order valence-corrected chi connectivity index (χ0v) is 11.1. The molecular weight excluding hydrogens is 266 g/mol. The van der Waals surface area contributed by atoms with Crippen LogP contribution in [0.15, 0.2) is 34.8 Å². The van der Waals surface area contributed by atoms with Crippen molar-refractivity contribution in [1.82, 2.24) is 15.2 Å². The van der Waals surface area contributed by atoms with E-state index in [0.717, 1.165) is 27.7 Å². The Kier molecular flexibility index (Phi) is 2.89. The molecular formula is C12H9N3OS2. The van der Waals surface area contributed by atoms with Gasteiger partial charge in [0.15, 0.2) is 4.34 Å². The van der Waals surface area contributed by atoms with Crippen LogP contribution in [0.25, 0.3) is 10.9 Å². The van der Waals surface area contributed by atoms with E-state index in [1.165, 1.54) is 11.3 Å². The third kappa shape index (κ3) is 2.04. The molecule has 1 aromatic carbocycles. The number of nitrogens with zero attached hydrogens (tertiary/aromatic N) is 2. The molecule has 1 N–H and O–H groups in total. The van der Waals surface area contributed by atoms with E-state index in [1.54, 1.807) is 0 Å². The van der Waals surface area contributed by atoms with E-state index >= 15 is 0 Å². The molecule has 90 valence electrons. The summed E-state index contributed by atoms with van der Waals surface area (Å²) in [5.74, 6) is 0. The molecule has 6 heteroatoms. The molecule has 0 saturated carbocycles. The lowest BCUT2D eigenvalue weighted by molar-refractivity contribution is 0.109. The van der Waals surface area contributed by atoms with Crippen LogP contribution in [0.5, 0.6) is 0 Å². The minimum Gasteiger partial charge on any atom is -0.361 e. The number of H-pyrrole nitrogens is 1. The van der Waals surface area contributed by atoms with Gasteiger partial charge in [-0.05, 0) is 36.9 Å². The van der Waals surface area contributed by atoms with Gasteiger partial charge in [0.25, 0.3) is 0 Å². The number of hydrogen-bond donors (Lipinski definition) is 1. The molecule has 2 heterocycles. The quantitative estimate of drug-likeness (QED) is 0.729. The van der Waals surface area contributed by atoms with Gasteiger partial charge in [-0.25, -0.2) is 0 Å². The van der Waals surface area contributed by atoms with Crippen LogP contribution in [0.3, 0.4) is 0 Å². The van der Waals surface area contributed by atoms with Crippen LogP contribution in [0.2, 0.25) is 0 Å². The summed E-state index contributed by atoms with van der Waals surface area (Å²) in [4.78, 5) is 15.3. The second-order valence-electron chi connectivity index (χ2n) is 3.72. The number of benzene rings is 1. The van der Waals surface area contributed by atoms with Crippen LogP contribution < -0.4 is 0 Å². The second kappa shape index (κ2) is 4.55. The van der Waals surface area contributed by atoms with Crippen LogP contribution in [0.4, 0.5) is 0 Å². The fourth-order valence-electron chi connectivity index (χ4n) is 1.72. The average Bonchev–Trinajstić information content (AvgIpc) is 2.97. The average molecular weight is 275 g/mol. The third-order valence-electron chi connectivity index (χ3n) is 2.50. The number of aryl methyl sites for hydroxylation is 1. The molecule has 0 unspecified atom stereocenters. The van der Waals surface area contributed by atoms with Crippen molar-refractivity contribution in [3.8, 4) is 0 Å². The summed E-state index contributed by atoms with van der Waals surface area (Å²) in [6, 6.07) is 7.57. The topological polar surface area (TPSA) is 58.6 Å². The zero-order valence-electron chi connectivity index (χ0n) is 9.51. The highest BCUT2D eigenvalue weighted by Gasteiger charge is 2.14. The molecule has 0 aliphatic carbocycles. The van der Waals surface area contributed by atoms with Crippen molar-refractivity contribution in [3.05, 3.63) is 41.0 Å². The molecule has 0 bridgehead atoms. The Morgan fingerprint density at radius 2 is 2.22 bits per heavy atom. The van der Waals surface area contributed by atoms with Gasteiger partial charge in [0.1, 0.15) is 5.01 Å². The summed E-state index contributed by atoms with van der Waals surface area (Å²) in [5.41, 5.74) is 1.67. The maximum atomic E-state index is 12.2. The van der Waals surface area contributed by atoms with Gasteiger partial charge in [0.05, 0.1) is 0 Å². The van der Waals surface area contributed by atoms with Crippen LogP contribution >= 0.6 is 23.1 Å². The van der Waals surface area contributed by atoms with Crippen LogP contribution in [-0.4, -0.2) is 20.3 Å². The minimum atomic E-state index is -0.00338. The molecule has 0 saturated heterocycles. The lowest BCUT2D eigenvalue weighted by atomic mass is 10.1. The van der Waals surface area contributed by atoms with Crippen molar-refractivity contribution in [2.24, 2.45) is 0 Å². The number of nitrogens with one attached hydrogen (secondary N) is 1. The summed E-state index contributed by atoms with van der Waals surface area (Å²) in [7, 11) is 0. The second-order valence-corrected chi connectivity index (χ2v) is 6.12. The van der Waals surface area contributed by atoms with Crippen molar-refractivity contribution in [2.45, 2.75) is 11.3 Å². The predicted octanol–water partition coefficient (Wildman–Crippen LogP) is 3.26. The standard InChI is InChI=1S/C12H9N3OS2/c1-7-14-15-12(17-7)18-11(16)9-3-2-4-10-8(9)5-6-13-10/h2-6,13H,1H3. The summed E-state index contributed by atoms with van der Waals surface area (Å²) >= 11 is 2.56. The van der Waals surface area contributed by atoms with E-state index in [4.69, 9.17) is 0 Å². The Labute approximate surface area is 111 Å². The molecule has 0 fully saturated rings. The van der Waals surface area contributed by atoms with Crippen molar-refractivity contribution in [2.75, 3.05) is 0 Å². The number of aromatic nitrogens is 3. The van der Waals surface area contributed by atoms with E-state index in [-0.39, 0.29) is 5.12 Å². The lowest BCUT2D eigenvalue weighted by Crippen LogP contribution is -1.93. The zero-order chi connectivity index (χ0) is 12.5. The maximum Gasteiger partial charge on any atom is 0.227 e. The van der Waals surface area contributed by atoms with Crippen LogP contribution in [-0.2, 0) is 0 Å². The van der Waals surface area contributed by atoms with Gasteiger partial charge >= 0.3 is 0 Å². The number of carbonyl (C=O) groups excluding carboxylic acids is 1. The first kappa shape index (κ1) is 11.4. The highest BCUT2D eigenvalue weighted by atomic mass is 32.2. The van der Waals surface area contributed by atoms with Gasteiger partial charge in [-0.2, -0.15) is 0 Å². The van der Waals surface area contributed by atoms with E-state index in [2.05, 4.69) is 15.2 Å². The van der Waals surface area contributed by atoms with Crippen molar-refractivity contribution in [1.29, 1.82) is 0 Å². The third-order valence-corrected chi connectivity index (χ3v) is 4.30. The Balaban J connectivity index is 1.94. The molecule has 18 heavy (non-hydrogen) atoms. The van der Waals surface area contributed by atoms with Crippen molar-refractivity contribution < 1.29 is 4.79 Å². The molecule has 2 aromatic heterocycles. The van der Waals surface area contributed by atoms with E-state index < -0.39 is 0 Å².